The summed E-state index contributed by atoms with van der Waals surface area (Å²) < 4.78 is 32.5. The number of para-hydroxylation sites is 1. The van der Waals surface area contributed by atoms with Crippen molar-refractivity contribution in [3.63, 3.8) is 0 Å². The Hall–Kier alpha value is -3.16. The van der Waals surface area contributed by atoms with Gasteiger partial charge in [0.1, 0.15) is 12.4 Å². The second-order valence-electron chi connectivity index (χ2n) is 6.77. The number of ether oxygens (including phenoxy) is 1. The van der Waals surface area contributed by atoms with Gasteiger partial charge < -0.3 is 10.1 Å². The number of nitrogens with one attached hydrogen (secondary N) is 1. The van der Waals surface area contributed by atoms with Crippen molar-refractivity contribution in [2.24, 2.45) is 0 Å². The third-order valence-corrected chi connectivity index (χ3v) is 6.39. The van der Waals surface area contributed by atoms with Crippen molar-refractivity contribution in [1.29, 1.82) is 0 Å². The maximum absolute atomic E-state index is 12.8. The molecule has 0 bridgehead atoms. The molecule has 0 saturated carbocycles. The molecule has 0 saturated heterocycles. The first-order valence-electron chi connectivity index (χ1n) is 9.48. The van der Waals surface area contributed by atoms with Crippen molar-refractivity contribution in [3.05, 3.63) is 78.9 Å². The van der Waals surface area contributed by atoms with Crippen LogP contribution in [0.25, 0.3) is 11.1 Å². The van der Waals surface area contributed by atoms with Crippen LogP contribution in [0.15, 0.2) is 83.8 Å². The summed E-state index contributed by atoms with van der Waals surface area (Å²) in [6.45, 7) is 1.96. The molecule has 0 radical (unpaired) electrons. The molecule has 3 rings (SSSR count). The molecule has 156 valence electrons. The first-order chi connectivity index (χ1) is 14.4. The second-order valence-corrected chi connectivity index (χ2v) is 8.82. The number of hydrogen-bond acceptors (Lipinski definition) is 4. The molecule has 0 spiro atoms. The zero-order valence-electron chi connectivity index (χ0n) is 16.9. The second kappa shape index (κ2) is 9.56. The summed E-state index contributed by atoms with van der Waals surface area (Å²) in [7, 11) is -2.07. The molecule has 1 amide bonds. The van der Waals surface area contributed by atoms with Crippen molar-refractivity contribution in [3.8, 4) is 16.9 Å². The smallest absolute Gasteiger partial charge is 0.242 e. The van der Waals surface area contributed by atoms with Crippen LogP contribution in [0.2, 0.25) is 0 Å². The lowest BCUT2D eigenvalue weighted by atomic mass is 10.1. The zero-order chi connectivity index (χ0) is 21.6. The highest BCUT2D eigenvalue weighted by molar-refractivity contribution is 7.89. The monoisotopic (exact) mass is 424 g/mol. The van der Waals surface area contributed by atoms with Gasteiger partial charge in [-0.2, -0.15) is 4.31 Å². The Morgan fingerprint density at radius 2 is 1.47 bits per heavy atom. The van der Waals surface area contributed by atoms with E-state index in [0.717, 1.165) is 11.1 Å². The Kier molecular flexibility index (Phi) is 6.87. The molecule has 0 aliphatic heterocycles. The molecule has 0 fully saturated rings. The largest absolute Gasteiger partial charge is 0.492 e. The minimum atomic E-state index is -3.61. The molecule has 0 aromatic heterocycles. The van der Waals surface area contributed by atoms with E-state index in [0.29, 0.717) is 11.4 Å². The minimum absolute atomic E-state index is 0.129. The molecule has 0 heterocycles. The number of likely N-dealkylation sites (N-methyl/N-ethyl adjacent to an activating group) is 1. The summed E-state index contributed by atoms with van der Waals surface area (Å²) in [4.78, 5) is 11.3. The number of benzene rings is 3. The number of amides is 1. The molecule has 7 heteroatoms. The minimum Gasteiger partial charge on any atom is -0.492 e. The van der Waals surface area contributed by atoms with Crippen LogP contribution in [0.5, 0.6) is 5.75 Å². The van der Waals surface area contributed by atoms with Crippen LogP contribution in [0.4, 0.5) is 5.69 Å². The van der Waals surface area contributed by atoms with Gasteiger partial charge in [0.15, 0.2) is 0 Å². The van der Waals surface area contributed by atoms with Gasteiger partial charge in [0.05, 0.1) is 4.90 Å². The molecule has 3 aromatic carbocycles. The van der Waals surface area contributed by atoms with Crippen LogP contribution >= 0.6 is 0 Å². The number of carbonyl (C=O) groups is 1. The number of anilines is 1. The first-order valence-corrected chi connectivity index (χ1v) is 10.9. The fourth-order valence-electron chi connectivity index (χ4n) is 2.88. The number of sulfonamides is 1. The maximum atomic E-state index is 12.8. The Morgan fingerprint density at radius 3 is 2.03 bits per heavy atom. The van der Waals surface area contributed by atoms with Crippen LogP contribution in [0.3, 0.4) is 0 Å². The number of rotatable bonds is 8. The standard InChI is InChI=1S/C23H24N2O4S/c1-18(26)24-21-12-8-19(9-13-21)20-10-14-23(15-11-20)30(27,28)25(2)16-17-29-22-6-4-3-5-7-22/h3-15H,16-17H2,1-2H3,(H,24,26). The third kappa shape index (κ3) is 5.46. The summed E-state index contributed by atoms with van der Waals surface area (Å²) in [6.07, 6.45) is 0. The number of carbonyl (C=O) groups excluding carboxylic acids is 1. The normalized spacial score (nSPS) is 11.3. The third-order valence-electron chi connectivity index (χ3n) is 4.52. The Balaban J connectivity index is 1.64. The van der Waals surface area contributed by atoms with Gasteiger partial charge in [-0.25, -0.2) is 8.42 Å². The number of hydrogen-bond donors (Lipinski definition) is 1. The van der Waals surface area contributed by atoms with Crippen molar-refractivity contribution < 1.29 is 17.9 Å². The molecular weight excluding hydrogens is 400 g/mol. The van der Waals surface area contributed by atoms with Crippen LogP contribution in [0, 0.1) is 0 Å². The van der Waals surface area contributed by atoms with Crippen molar-refractivity contribution in [2.45, 2.75) is 11.8 Å². The van der Waals surface area contributed by atoms with E-state index in [1.165, 1.54) is 11.2 Å². The van der Waals surface area contributed by atoms with Gasteiger partial charge in [-0.05, 0) is 47.5 Å². The van der Waals surface area contributed by atoms with E-state index in [4.69, 9.17) is 4.74 Å². The van der Waals surface area contributed by atoms with E-state index in [-0.39, 0.29) is 24.0 Å². The Bertz CT molecular complexity index is 1080. The quantitative estimate of drug-likeness (QED) is 0.593. The van der Waals surface area contributed by atoms with Crippen molar-refractivity contribution in [1.82, 2.24) is 4.31 Å². The summed E-state index contributed by atoms with van der Waals surface area (Å²) >= 11 is 0. The highest BCUT2D eigenvalue weighted by atomic mass is 32.2. The molecule has 0 unspecified atom stereocenters. The van der Waals surface area contributed by atoms with Gasteiger partial charge in [-0.3, -0.25) is 4.79 Å². The fourth-order valence-corrected chi connectivity index (χ4v) is 4.03. The lowest BCUT2D eigenvalue weighted by molar-refractivity contribution is -0.114. The molecule has 1 N–H and O–H groups in total. The van der Waals surface area contributed by atoms with Gasteiger partial charge in [-0.1, -0.05) is 42.5 Å². The topological polar surface area (TPSA) is 75.7 Å². The van der Waals surface area contributed by atoms with E-state index >= 15 is 0 Å². The first kappa shape index (κ1) is 21.5. The summed E-state index contributed by atoms with van der Waals surface area (Å²) in [5.41, 5.74) is 2.53. The lowest BCUT2D eigenvalue weighted by Crippen LogP contribution is -2.31. The predicted molar refractivity (Wildman–Crippen MR) is 118 cm³/mol. The molecule has 3 aromatic rings. The Morgan fingerprint density at radius 1 is 0.900 bits per heavy atom. The molecule has 0 aliphatic rings. The maximum Gasteiger partial charge on any atom is 0.242 e. The van der Waals surface area contributed by atoms with Gasteiger partial charge in [0.2, 0.25) is 15.9 Å². The van der Waals surface area contributed by atoms with Crippen LogP contribution in [-0.2, 0) is 14.8 Å². The van der Waals surface area contributed by atoms with Gasteiger partial charge in [0.25, 0.3) is 0 Å². The summed E-state index contributed by atoms with van der Waals surface area (Å²) in [6, 6.07) is 23.4. The van der Waals surface area contributed by atoms with Crippen molar-refractivity contribution in [2.75, 3.05) is 25.5 Å². The predicted octanol–water partition coefficient (Wildman–Crippen LogP) is 4.01. The SMILES string of the molecule is CC(=O)Nc1ccc(-c2ccc(S(=O)(=O)N(C)CCOc3ccccc3)cc2)cc1. The summed E-state index contributed by atoms with van der Waals surface area (Å²) in [5, 5.41) is 2.72. The van der Waals surface area contributed by atoms with E-state index < -0.39 is 10.0 Å². The number of nitrogens with zero attached hydrogens (tertiary/aromatic N) is 1. The molecular formula is C23H24N2O4S. The molecule has 0 atom stereocenters. The average molecular weight is 425 g/mol. The van der Waals surface area contributed by atoms with Gasteiger partial charge >= 0.3 is 0 Å². The highest BCUT2D eigenvalue weighted by Crippen LogP contribution is 2.24. The van der Waals surface area contributed by atoms with Gasteiger partial charge in [0, 0.05) is 26.2 Å². The lowest BCUT2D eigenvalue weighted by Gasteiger charge is -2.18. The van der Waals surface area contributed by atoms with Crippen molar-refractivity contribution >= 4 is 21.6 Å². The fraction of sp³-hybridized carbons (Fsp3) is 0.174. The van der Waals surface area contributed by atoms with E-state index in [1.54, 1.807) is 31.3 Å². The molecule has 6 nitrogen and oxygen atoms in total. The van der Waals surface area contributed by atoms with E-state index in [2.05, 4.69) is 5.32 Å². The highest BCUT2D eigenvalue weighted by Gasteiger charge is 2.20. The summed E-state index contributed by atoms with van der Waals surface area (Å²) in [5.74, 6) is 0.577. The zero-order valence-corrected chi connectivity index (χ0v) is 17.7. The average Bonchev–Trinajstić information content (AvgIpc) is 2.74. The van der Waals surface area contributed by atoms with Gasteiger partial charge in [-0.15, -0.1) is 0 Å². The molecule has 30 heavy (non-hydrogen) atoms. The van der Waals surface area contributed by atoms with Crippen LogP contribution in [-0.4, -0.2) is 38.8 Å². The molecule has 0 aliphatic carbocycles. The van der Waals surface area contributed by atoms with E-state index in [9.17, 15) is 13.2 Å². The van der Waals surface area contributed by atoms with Crippen LogP contribution in [0.1, 0.15) is 6.92 Å². The Labute approximate surface area is 177 Å². The van der Waals surface area contributed by atoms with E-state index in [1.807, 2.05) is 54.6 Å². The van der Waals surface area contributed by atoms with Crippen LogP contribution < -0.4 is 10.1 Å².